The summed E-state index contributed by atoms with van der Waals surface area (Å²) in [5.41, 5.74) is 0.178. The van der Waals surface area contributed by atoms with Crippen LogP contribution in [-0.2, 0) is 6.61 Å². The van der Waals surface area contributed by atoms with Gasteiger partial charge in [-0.3, -0.25) is 0 Å². The first kappa shape index (κ1) is 11.9. The average Bonchev–Trinajstić information content (AvgIpc) is 2.74. The van der Waals surface area contributed by atoms with Gasteiger partial charge in [-0.25, -0.2) is 4.79 Å². The van der Waals surface area contributed by atoms with Crippen molar-refractivity contribution in [2.75, 3.05) is 0 Å². The minimum Gasteiger partial charge on any atom is -0.488 e. The number of carboxylic acid groups (broad SMARTS) is 1. The normalized spacial score (nSPS) is 10.2. The molecule has 0 fully saturated rings. The second-order valence-electron chi connectivity index (χ2n) is 3.21. The standard InChI is InChI=1S/C11H8ClNO3S/c12-7-2-1-3-8(4-7)16-6-10-9(11(14)15)5-13-17-10/h1-5H,6H2,(H,14,15). The Hall–Kier alpha value is -1.59. The summed E-state index contributed by atoms with van der Waals surface area (Å²) in [5.74, 6) is -0.398. The van der Waals surface area contributed by atoms with Gasteiger partial charge in [0.05, 0.1) is 16.6 Å². The third-order valence-electron chi connectivity index (χ3n) is 2.04. The number of aromatic nitrogens is 1. The van der Waals surface area contributed by atoms with Crippen molar-refractivity contribution in [1.82, 2.24) is 4.37 Å². The molecule has 1 N–H and O–H groups in total. The van der Waals surface area contributed by atoms with Gasteiger partial charge >= 0.3 is 5.97 Å². The van der Waals surface area contributed by atoms with Gasteiger partial charge in [0.15, 0.2) is 0 Å². The first-order valence-corrected chi connectivity index (χ1v) is 5.87. The van der Waals surface area contributed by atoms with Crippen LogP contribution >= 0.6 is 23.1 Å². The molecule has 0 spiro atoms. The van der Waals surface area contributed by atoms with Crippen LogP contribution < -0.4 is 4.74 Å². The summed E-state index contributed by atoms with van der Waals surface area (Å²) in [5, 5.41) is 9.46. The summed E-state index contributed by atoms with van der Waals surface area (Å²) in [4.78, 5) is 11.4. The number of nitrogens with zero attached hydrogens (tertiary/aromatic N) is 1. The van der Waals surface area contributed by atoms with Gasteiger partial charge < -0.3 is 9.84 Å². The van der Waals surface area contributed by atoms with Gasteiger partial charge in [0.2, 0.25) is 0 Å². The molecule has 0 atom stereocenters. The number of carbonyl (C=O) groups is 1. The maximum absolute atomic E-state index is 10.8. The highest BCUT2D eigenvalue weighted by atomic mass is 35.5. The highest BCUT2D eigenvalue weighted by Crippen LogP contribution is 2.20. The molecular weight excluding hydrogens is 262 g/mol. The Morgan fingerprint density at radius 2 is 2.35 bits per heavy atom. The van der Waals surface area contributed by atoms with E-state index in [1.165, 1.54) is 6.20 Å². The Bertz CT molecular complexity index is 541. The molecule has 0 saturated carbocycles. The van der Waals surface area contributed by atoms with E-state index in [2.05, 4.69) is 4.37 Å². The van der Waals surface area contributed by atoms with Crippen LogP contribution in [0.25, 0.3) is 0 Å². The second-order valence-corrected chi connectivity index (χ2v) is 4.54. The lowest BCUT2D eigenvalue weighted by Crippen LogP contribution is -2.01. The van der Waals surface area contributed by atoms with Crippen LogP contribution in [0.5, 0.6) is 5.75 Å². The molecule has 0 bridgehead atoms. The van der Waals surface area contributed by atoms with Crippen LogP contribution in [0.4, 0.5) is 0 Å². The van der Waals surface area contributed by atoms with Crippen molar-refractivity contribution in [3.05, 3.63) is 45.9 Å². The van der Waals surface area contributed by atoms with Crippen molar-refractivity contribution in [3.8, 4) is 5.75 Å². The van der Waals surface area contributed by atoms with E-state index in [0.29, 0.717) is 15.6 Å². The largest absolute Gasteiger partial charge is 0.488 e. The number of ether oxygens (including phenoxy) is 1. The lowest BCUT2D eigenvalue weighted by molar-refractivity contribution is 0.0694. The fourth-order valence-corrected chi connectivity index (χ4v) is 2.06. The molecule has 88 valence electrons. The quantitative estimate of drug-likeness (QED) is 0.927. The minimum atomic E-state index is -0.997. The molecule has 1 aromatic carbocycles. The summed E-state index contributed by atoms with van der Waals surface area (Å²) in [7, 11) is 0. The fourth-order valence-electron chi connectivity index (χ4n) is 1.25. The summed E-state index contributed by atoms with van der Waals surface area (Å²) in [6.07, 6.45) is 1.32. The SMILES string of the molecule is O=C(O)c1cnsc1COc1cccc(Cl)c1. The van der Waals surface area contributed by atoms with Gasteiger partial charge in [-0.2, -0.15) is 4.37 Å². The predicted molar refractivity (Wildman–Crippen MR) is 64.9 cm³/mol. The van der Waals surface area contributed by atoms with Crippen LogP contribution in [-0.4, -0.2) is 15.4 Å². The monoisotopic (exact) mass is 269 g/mol. The summed E-state index contributed by atoms with van der Waals surface area (Å²) >= 11 is 6.92. The Balaban J connectivity index is 2.07. The molecular formula is C11H8ClNO3S. The molecule has 6 heteroatoms. The second kappa shape index (κ2) is 5.16. The van der Waals surface area contributed by atoms with Crippen molar-refractivity contribution in [2.45, 2.75) is 6.61 Å². The van der Waals surface area contributed by atoms with Crippen molar-refractivity contribution in [1.29, 1.82) is 0 Å². The average molecular weight is 270 g/mol. The van der Waals surface area contributed by atoms with E-state index in [4.69, 9.17) is 21.4 Å². The number of benzene rings is 1. The van der Waals surface area contributed by atoms with E-state index in [1.807, 2.05) is 0 Å². The Morgan fingerprint density at radius 3 is 3.06 bits per heavy atom. The van der Waals surface area contributed by atoms with Crippen LogP contribution in [0.1, 0.15) is 15.2 Å². The van der Waals surface area contributed by atoms with Crippen molar-refractivity contribution >= 4 is 29.1 Å². The van der Waals surface area contributed by atoms with Gasteiger partial charge in [0, 0.05) is 5.02 Å². The lowest BCUT2D eigenvalue weighted by atomic mass is 10.3. The van der Waals surface area contributed by atoms with Gasteiger partial charge in [-0.1, -0.05) is 17.7 Å². The summed E-state index contributed by atoms with van der Waals surface area (Å²) in [6.45, 7) is 0.173. The summed E-state index contributed by atoms with van der Waals surface area (Å²) < 4.78 is 9.27. The zero-order chi connectivity index (χ0) is 12.3. The van der Waals surface area contributed by atoms with E-state index >= 15 is 0 Å². The van der Waals surface area contributed by atoms with Crippen molar-refractivity contribution in [2.24, 2.45) is 0 Å². The number of halogens is 1. The van der Waals surface area contributed by atoms with Crippen LogP contribution in [0.2, 0.25) is 5.02 Å². The van der Waals surface area contributed by atoms with Crippen molar-refractivity contribution in [3.63, 3.8) is 0 Å². The molecule has 4 nitrogen and oxygen atoms in total. The molecule has 0 aliphatic carbocycles. The number of hydrogen-bond acceptors (Lipinski definition) is 4. The van der Waals surface area contributed by atoms with Crippen LogP contribution in [0.3, 0.4) is 0 Å². The number of carboxylic acids is 1. The molecule has 0 unspecified atom stereocenters. The Morgan fingerprint density at radius 1 is 1.53 bits per heavy atom. The minimum absolute atomic E-state index is 0.173. The topological polar surface area (TPSA) is 59.4 Å². The highest BCUT2D eigenvalue weighted by molar-refractivity contribution is 7.06. The van der Waals surface area contributed by atoms with Gasteiger partial charge in [0.25, 0.3) is 0 Å². The molecule has 0 aliphatic rings. The van der Waals surface area contributed by atoms with Crippen LogP contribution in [0.15, 0.2) is 30.5 Å². The fraction of sp³-hybridized carbons (Fsp3) is 0.0909. The van der Waals surface area contributed by atoms with Gasteiger partial charge in [0.1, 0.15) is 12.4 Å². The van der Waals surface area contributed by atoms with Crippen molar-refractivity contribution < 1.29 is 14.6 Å². The van der Waals surface area contributed by atoms with Gasteiger partial charge in [-0.15, -0.1) is 0 Å². The molecule has 17 heavy (non-hydrogen) atoms. The number of rotatable bonds is 4. The predicted octanol–water partition coefficient (Wildman–Crippen LogP) is 3.07. The first-order valence-electron chi connectivity index (χ1n) is 4.72. The third-order valence-corrected chi connectivity index (χ3v) is 3.05. The Labute approximate surface area is 107 Å². The first-order chi connectivity index (χ1) is 8.16. The zero-order valence-corrected chi connectivity index (χ0v) is 10.2. The highest BCUT2D eigenvalue weighted by Gasteiger charge is 2.13. The van der Waals surface area contributed by atoms with Crippen LogP contribution in [0, 0.1) is 0 Å². The molecule has 1 heterocycles. The maximum atomic E-state index is 10.8. The molecule has 2 rings (SSSR count). The molecule has 0 saturated heterocycles. The number of aromatic carboxylic acids is 1. The number of hydrogen-bond donors (Lipinski definition) is 1. The molecule has 0 aliphatic heterocycles. The molecule has 1 aromatic heterocycles. The van der Waals surface area contributed by atoms with E-state index in [-0.39, 0.29) is 12.2 Å². The Kier molecular flexibility index (Phi) is 3.61. The smallest absolute Gasteiger partial charge is 0.338 e. The molecule has 0 radical (unpaired) electrons. The maximum Gasteiger partial charge on any atom is 0.338 e. The van der Waals surface area contributed by atoms with Gasteiger partial charge in [-0.05, 0) is 29.7 Å². The summed E-state index contributed by atoms with van der Waals surface area (Å²) in [6, 6.07) is 6.93. The van der Waals surface area contributed by atoms with E-state index in [9.17, 15) is 4.79 Å². The molecule has 2 aromatic rings. The lowest BCUT2D eigenvalue weighted by Gasteiger charge is -2.05. The van der Waals surface area contributed by atoms with E-state index < -0.39 is 5.97 Å². The third kappa shape index (κ3) is 2.95. The molecule has 0 amide bonds. The van der Waals surface area contributed by atoms with E-state index in [1.54, 1.807) is 24.3 Å². The zero-order valence-electron chi connectivity index (χ0n) is 8.59. The van der Waals surface area contributed by atoms with E-state index in [0.717, 1.165) is 11.5 Å².